The Labute approximate surface area is 120 Å². The molecule has 7 nitrogen and oxygen atoms in total. The van der Waals surface area contributed by atoms with Gasteiger partial charge in [-0.25, -0.2) is 0 Å². The SMILES string of the molecule is Cc1c(NCc2cccc([N+](=O)[O-])c2)cccc1[N+](=O)[O-]. The van der Waals surface area contributed by atoms with Crippen LogP contribution in [0.5, 0.6) is 0 Å². The molecular weight excluding hydrogens is 274 g/mol. The van der Waals surface area contributed by atoms with Crippen LogP contribution in [0.2, 0.25) is 0 Å². The second-order valence-electron chi connectivity index (χ2n) is 4.49. The lowest BCUT2D eigenvalue weighted by atomic mass is 10.1. The monoisotopic (exact) mass is 287 g/mol. The lowest BCUT2D eigenvalue weighted by Gasteiger charge is -2.09. The number of nitrogens with zero attached hydrogens (tertiary/aromatic N) is 2. The Hall–Kier alpha value is -2.96. The predicted octanol–water partition coefficient (Wildman–Crippen LogP) is 3.42. The molecule has 2 aromatic rings. The lowest BCUT2D eigenvalue weighted by molar-refractivity contribution is -0.385. The van der Waals surface area contributed by atoms with Crippen LogP contribution in [0, 0.1) is 27.2 Å². The minimum atomic E-state index is -0.456. The van der Waals surface area contributed by atoms with Crippen LogP contribution in [0.4, 0.5) is 17.1 Å². The molecule has 0 amide bonds. The van der Waals surface area contributed by atoms with Crippen molar-refractivity contribution in [3.05, 3.63) is 73.8 Å². The summed E-state index contributed by atoms with van der Waals surface area (Å²) in [5, 5.41) is 24.6. The van der Waals surface area contributed by atoms with Crippen LogP contribution in [-0.2, 0) is 6.54 Å². The summed E-state index contributed by atoms with van der Waals surface area (Å²) < 4.78 is 0. The summed E-state index contributed by atoms with van der Waals surface area (Å²) in [5.41, 5.74) is 1.96. The average Bonchev–Trinajstić information content (AvgIpc) is 2.46. The molecule has 0 unspecified atom stereocenters. The molecular formula is C14H13N3O4. The zero-order valence-corrected chi connectivity index (χ0v) is 11.3. The molecule has 2 aromatic carbocycles. The number of benzene rings is 2. The molecule has 0 spiro atoms. The summed E-state index contributed by atoms with van der Waals surface area (Å²) in [6.07, 6.45) is 0. The van der Waals surface area contributed by atoms with Gasteiger partial charge in [0.2, 0.25) is 0 Å². The van der Waals surface area contributed by atoms with Crippen molar-refractivity contribution >= 4 is 17.1 Å². The van der Waals surface area contributed by atoms with Gasteiger partial charge in [0.15, 0.2) is 0 Å². The fraction of sp³-hybridized carbons (Fsp3) is 0.143. The second-order valence-corrected chi connectivity index (χ2v) is 4.49. The second kappa shape index (κ2) is 6.00. The van der Waals surface area contributed by atoms with Gasteiger partial charge >= 0.3 is 0 Å². The van der Waals surface area contributed by atoms with Gasteiger partial charge < -0.3 is 5.32 Å². The highest BCUT2D eigenvalue weighted by molar-refractivity contribution is 5.59. The zero-order chi connectivity index (χ0) is 15.4. The molecule has 0 aliphatic carbocycles. The summed E-state index contributed by atoms with van der Waals surface area (Å²) in [4.78, 5) is 20.7. The molecule has 0 saturated heterocycles. The Morgan fingerprint density at radius 1 is 1.05 bits per heavy atom. The number of non-ortho nitro benzene ring substituents is 1. The van der Waals surface area contributed by atoms with E-state index in [1.54, 1.807) is 31.2 Å². The smallest absolute Gasteiger partial charge is 0.274 e. The Balaban J connectivity index is 2.17. The predicted molar refractivity (Wildman–Crippen MR) is 78.3 cm³/mol. The van der Waals surface area contributed by atoms with Crippen LogP contribution in [0.1, 0.15) is 11.1 Å². The summed E-state index contributed by atoms with van der Waals surface area (Å²) in [6.45, 7) is 2.01. The van der Waals surface area contributed by atoms with Crippen LogP contribution in [0.25, 0.3) is 0 Å². The van der Waals surface area contributed by atoms with Gasteiger partial charge in [0, 0.05) is 36.0 Å². The molecule has 21 heavy (non-hydrogen) atoms. The number of hydrogen-bond donors (Lipinski definition) is 1. The standard InChI is InChI=1S/C14H13N3O4/c1-10-13(6-3-7-14(10)17(20)21)15-9-11-4-2-5-12(8-11)16(18)19/h2-8,15H,9H2,1H3. The number of nitro benzene ring substituents is 2. The van der Waals surface area contributed by atoms with Gasteiger partial charge in [-0.3, -0.25) is 20.2 Å². The highest BCUT2D eigenvalue weighted by Gasteiger charge is 2.13. The number of rotatable bonds is 5. The first-order valence-corrected chi connectivity index (χ1v) is 6.20. The fourth-order valence-electron chi connectivity index (χ4n) is 1.99. The van der Waals surface area contributed by atoms with Crippen LogP contribution in [0.3, 0.4) is 0 Å². The van der Waals surface area contributed by atoms with E-state index < -0.39 is 9.85 Å². The van der Waals surface area contributed by atoms with Crippen molar-refractivity contribution in [3.63, 3.8) is 0 Å². The van der Waals surface area contributed by atoms with E-state index in [1.165, 1.54) is 18.2 Å². The topological polar surface area (TPSA) is 98.3 Å². The average molecular weight is 287 g/mol. The summed E-state index contributed by atoms with van der Waals surface area (Å²) in [5.74, 6) is 0. The van der Waals surface area contributed by atoms with Crippen molar-refractivity contribution in [2.45, 2.75) is 13.5 Å². The van der Waals surface area contributed by atoms with Gasteiger partial charge in [0.05, 0.1) is 9.85 Å². The highest BCUT2D eigenvalue weighted by atomic mass is 16.6. The van der Waals surface area contributed by atoms with E-state index in [-0.39, 0.29) is 11.4 Å². The van der Waals surface area contributed by atoms with E-state index in [0.29, 0.717) is 17.8 Å². The Morgan fingerprint density at radius 3 is 2.43 bits per heavy atom. The molecule has 2 rings (SSSR count). The third kappa shape index (κ3) is 3.33. The summed E-state index contributed by atoms with van der Waals surface area (Å²) >= 11 is 0. The molecule has 108 valence electrons. The summed E-state index contributed by atoms with van der Waals surface area (Å²) in [6, 6.07) is 11.0. The Morgan fingerprint density at radius 2 is 1.76 bits per heavy atom. The third-order valence-corrected chi connectivity index (χ3v) is 3.11. The first-order valence-electron chi connectivity index (χ1n) is 6.20. The van der Waals surface area contributed by atoms with Gasteiger partial charge in [-0.1, -0.05) is 18.2 Å². The molecule has 1 N–H and O–H groups in total. The van der Waals surface area contributed by atoms with Crippen LogP contribution in [-0.4, -0.2) is 9.85 Å². The Kier molecular flexibility index (Phi) is 4.13. The van der Waals surface area contributed by atoms with Crippen LogP contribution in [0.15, 0.2) is 42.5 Å². The molecule has 0 heterocycles. The number of hydrogen-bond acceptors (Lipinski definition) is 5. The van der Waals surface area contributed by atoms with E-state index in [0.717, 1.165) is 5.56 Å². The largest absolute Gasteiger partial charge is 0.381 e. The minimum Gasteiger partial charge on any atom is -0.381 e. The normalized spacial score (nSPS) is 10.1. The van der Waals surface area contributed by atoms with E-state index in [9.17, 15) is 20.2 Å². The van der Waals surface area contributed by atoms with Crippen LogP contribution >= 0.6 is 0 Å². The maximum absolute atomic E-state index is 10.9. The van der Waals surface area contributed by atoms with Gasteiger partial charge in [-0.2, -0.15) is 0 Å². The maximum atomic E-state index is 10.9. The van der Waals surface area contributed by atoms with E-state index in [2.05, 4.69) is 5.32 Å². The highest BCUT2D eigenvalue weighted by Crippen LogP contribution is 2.25. The van der Waals surface area contributed by atoms with Crippen molar-refractivity contribution in [1.29, 1.82) is 0 Å². The quantitative estimate of drug-likeness (QED) is 0.671. The number of anilines is 1. The van der Waals surface area contributed by atoms with E-state index in [4.69, 9.17) is 0 Å². The third-order valence-electron chi connectivity index (χ3n) is 3.11. The maximum Gasteiger partial charge on any atom is 0.274 e. The minimum absolute atomic E-state index is 0.0186. The first-order chi connectivity index (χ1) is 9.99. The van der Waals surface area contributed by atoms with Gasteiger partial charge in [0.1, 0.15) is 0 Å². The lowest BCUT2D eigenvalue weighted by Crippen LogP contribution is -2.03. The first kappa shape index (κ1) is 14.4. The van der Waals surface area contributed by atoms with Gasteiger partial charge in [-0.05, 0) is 18.6 Å². The van der Waals surface area contributed by atoms with E-state index >= 15 is 0 Å². The van der Waals surface area contributed by atoms with Crippen molar-refractivity contribution in [3.8, 4) is 0 Å². The van der Waals surface area contributed by atoms with Crippen molar-refractivity contribution < 1.29 is 9.85 Å². The molecule has 0 aromatic heterocycles. The molecule has 0 radical (unpaired) electrons. The molecule has 0 fully saturated rings. The van der Waals surface area contributed by atoms with E-state index in [1.807, 2.05) is 0 Å². The molecule has 7 heteroatoms. The van der Waals surface area contributed by atoms with Crippen molar-refractivity contribution in [2.75, 3.05) is 5.32 Å². The van der Waals surface area contributed by atoms with Crippen molar-refractivity contribution in [2.24, 2.45) is 0 Å². The molecule has 0 bridgehead atoms. The molecule has 0 atom stereocenters. The fourth-order valence-corrected chi connectivity index (χ4v) is 1.99. The van der Waals surface area contributed by atoms with Crippen LogP contribution < -0.4 is 5.32 Å². The van der Waals surface area contributed by atoms with Gasteiger partial charge in [-0.15, -0.1) is 0 Å². The molecule has 0 aliphatic heterocycles. The zero-order valence-electron chi connectivity index (χ0n) is 11.3. The number of nitrogens with one attached hydrogen (secondary N) is 1. The molecule has 0 saturated carbocycles. The Bertz CT molecular complexity index is 700. The number of nitro groups is 2. The van der Waals surface area contributed by atoms with Crippen molar-refractivity contribution in [1.82, 2.24) is 0 Å². The summed E-state index contributed by atoms with van der Waals surface area (Å²) in [7, 11) is 0. The van der Waals surface area contributed by atoms with Gasteiger partial charge in [0.25, 0.3) is 11.4 Å². The molecule has 0 aliphatic rings.